The van der Waals surface area contributed by atoms with Crippen LogP contribution in [0.25, 0.3) is 11.0 Å². The Bertz CT molecular complexity index is 1190. The van der Waals surface area contributed by atoms with Gasteiger partial charge in [0.2, 0.25) is 5.91 Å². The fourth-order valence-electron chi connectivity index (χ4n) is 4.55. The lowest BCUT2D eigenvalue weighted by atomic mass is 10.0. The number of nitrogens with zero attached hydrogens (tertiary/aromatic N) is 4. The Hall–Kier alpha value is -3.87. The number of hydrogen-bond donors (Lipinski definition) is 2. The molecule has 2 aromatic carbocycles. The fraction of sp³-hybridized carbons (Fsp3) is 0.269. The second kappa shape index (κ2) is 9.73. The average molecular weight is 441 g/mol. The average Bonchev–Trinajstić information content (AvgIpc) is 3.36. The van der Waals surface area contributed by atoms with Gasteiger partial charge < -0.3 is 20.1 Å². The third-order valence-corrected chi connectivity index (χ3v) is 6.20. The topological polar surface area (TPSA) is 77.2 Å². The van der Waals surface area contributed by atoms with Gasteiger partial charge in [0.25, 0.3) is 0 Å². The first-order valence-electron chi connectivity index (χ1n) is 11.4. The highest BCUT2D eigenvalue weighted by Gasteiger charge is 2.30. The molecule has 4 aromatic rings. The maximum Gasteiger partial charge on any atom is 0.242 e. The molecule has 0 aliphatic carbocycles. The minimum Gasteiger partial charge on any atom is -0.376 e. The molecule has 7 nitrogen and oxygen atoms in total. The number of carbonyl (C=O) groups excluding carboxylic acids is 1. The lowest BCUT2D eigenvalue weighted by molar-refractivity contribution is -0.132. The standard InChI is InChI=1S/C26H28N6O/c33-24(16-28-21-10-5-2-6-11-21)32(17-20-8-3-1-4-9-20)22-12-7-15-31(18-22)26-23-13-14-27-25(23)29-19-30-26/h1-6,8-11,13-14,19,22,28H,7,12,15-18H2,(H,27,29,30). The molecule has 2 aromatic heterocycles. The van der Waals surface area contributed by atoms with Crippen LogP contribution in [0, 0.1) is 0 Å². The largest absolute Gasteiger partial charge is 0.376 e. The SMILES string of the molecule is O=C(CNc1ccccc1)N(Cc1ccccc1)C1CCCN(c2ncnc3[nH]ccc23)C1. The Morgan fingerprint density at radius 2 is 1.85 bits per heavy atom. The van der Waals surface area contributed by atoms with Crippen molar-refractivity contribution in [2.75, 3.05) is 29.9 Å². The van der Waals surface area contributed by atoms with Crippen molar-refractivity contribution in [1.82, 2.24) is 19.9 Å². The van der Waals surface area contributed by atoms with E-state index >= 15 is 0 Å². The minimum absolute atomic E-state index is 0.101. The van der Waals surface area contributed by atoms with Crippen LogP contribution in [-0.4, -0.2) is 51.4 Å². The second-order valence-electron chi connectivity index (χ2n) is 8.41. The number of carbonyl (C=O) groups is 1. The molecule has 1 unspecified atom stereocenters. The van der Waals surface area contributed by atoms with Gasteiger partial charge in [-0.15, -0.1) is 0 Å². The van der Waals surface area contributed by atoms with Crippen LogP contribution in [0.1, 0.15) is 18.4 Å². The van der Waals surface area contributed by atoms with Crippen LogP contribution < -0.4 is 10.2 Å². The zero-order valence-corrected chi connectivity index (χ0v) is 18.5. The maximum absolute atomic E-state index is 13.4. The predicted molar refractivity (Wildman–Crippen MR) is 131 cm³/mol. The molecule has 1 amide bonds. The molecule has 0 radical (unpaired) electrons. The van der Waals surface area contributed by atoms with Crippen LogP contribution in [0.15, 0.2) is 79.3 Å². The van der Waals surface area contributed by atoms with Crippen molar-refractivity contribution in [2.45, 2.75) is 25.4 Å². The minimum atomic E-state index is 0.101. The van der Waals surface area contributed by atoms with Gasteiger partial charge >= 0.3 is 0 Å². The molecule has 33 heavy (non-hydrogen) atoms. The number of benzene rings is 2. The first kappa shape index (κ1) is 21.0. The number of aromatic nitrogens is 3. The van der Waals surface area contributed by atoms with Crippen LogP contribution in [0.2, 0.25) is 0 Å². The summed E-state index contributed by atoms with van der Waals surface area (Å²) in [4.78, 5) is 29.8. The van der Waals surface area contributed by atoms with Crippen LogP contribution >= 0.6 is 0 Å². The third-order valence-electron chi connectivity index (χ3n) is 6.20. The Morgan fingerprint density at radius 3 is 2.67 bits per heavy atom. The Labute approximate surface area is 193 Å². The summed E-state index contributed by atoms with van der Waals surface area (Å²) in [6.07, 6.45) is 5.48. The normalized spacial score (nSPS) is 16.0. The number of anilines is 2. The van der Waals surface area contributed by atoms with Crippen molar-refractivity contribution in [3.8, 4) is 0 Å². The molecule has 2 N–H and O–H groups in total. The Kier molecular flexibility index (Phi) is 6.19. The van der Waals surface area contributed by atoms with E-state index in [2.05, 4.69) is 37.3 Å². The molecule has 0 spiro atoms. The zero-order chi connectivity index (χ0) is 22.5. The molecular formula is C26H28N6O. The molecule has 5 rings (SSSR count). The number of piperidine rings is 1. The number of hydrogen-bond acceptors (Lipinski definition) is 5. The molecule has 1 fully saturated rings. The summed E-state index contributed by atoms with van der Waals surface area (Å²) in [5, 5.41) is 4.30. The summed E-state index contributed by atoms with van der Waals surface area (Å²) in [7, 11) is 0. The Balaban J connectivity index is 1.36. The zero-order valence-electron chi connectivity index (χ0n) is 18.5. The van der Waals surface area contributed by atoms with Gasteiger partial charge in [0.1, 0.15) is 17.8 Å². The van der Waals surface area contributed by atoms with Crippen molar-refractivity contribution in [2.24, 2.45) is 0 Å². The van der Waals surface area contributed by atoms with Crippen LogP contribution in [0.5, 0.6) is 0 Å². The van der Waals surface area contributed by atoms with Gasteiger partial charge in [-0.1, -0.05) is 48.5 Å². The smallest absolute Gasteiger partial charge is 0.242 e. The van der Waals surface area contributed by atoms with Gasteiger partial charge in [0.15, 0.2) is 0 Å². The van der Waals surface area contributed by atoms with E-state index in [-0.39, 0.29) is 18.5 Å². The second-order valence-corrected chi connectivity index (χ2v) is 8.41. The van der Waals surface area contributed by atoms with Crippen LogP contribution in [-0.2, 0) is 11.3 Å². The highest BCUT2D eigenvalue weighted by molar-refractivity contribution is 5.87. The molecule has 0 bridgehead atoms. The van der Waals surface area contributed by atoms with E-state index in [0.29, 0.717) is 6.54 Å². The van der Waals surface area contributed by atoms with Crippen molar-refractivity contribution in [3.63, 3.8) is 0 Å². The number of nitrogens with one attached hydrogen (secondary N) is 2. The summed E-state index contributed by atoms with van der Waals surface area (Å²) in [6.45, 7) is 2.53. The molecule has 168 valence electrons. The molecule has 0 saturated carbocycles. The van der Waals surface area contributed by atoms with Gasteiger partial charge in [0.05, 0.1) is 11.9 Å². The molecular weight excluding hydrogens is 412 g/mol. The number of para-hydroxylation sites is 1. The van der Waals surface area contributed by atoms with E-state index in [1.165, 1.54) is 0 Å². The first-order valence-corrected chi connectivity index (χ1v) is 11.4. The van der Waals surface area contributed by atoms with Crippen LogP contribution in [0.4, 0.5) is 11.5 Å². The third kappa shape index (κ3) is 4.82. The summed E-state index contributed by atoms with van der Waals surface area (Å²) in [5.74, 6) is 1.03. The molecule has 7 heteroatoms. The maximum atomic E-state index is 13.4. The van der Waals surface area contributed by atoms with Crippen LogP contribution in [0.3, 0.4) is 0 Å². The highest BCUT2D eigenvalue weighted by Crippen LogP contribution is 2.27. The molecule has 1 aliphatic rings. The number of rotatable bonds is 7. The number of amides is 1. The van der Waals surface area contributed by atoms with Crippen molar-refractivity contribution in [3.05, 3.63) is 84.8 Å². The summed E-state index contributed by atoms with van der Waals surface area (Å²) in [5.41, 5.74) is 2.93. The van der Waals surface area contributed by atoms with E-state index in [0.717, 1.165) is 54.0 Å². The van der Waals surface area contributed by atoms with Crippen molar-refractivity contribution >= 4 is 28.4 Å². The number of H-pyrrole nitrogens is 1. The van der Waals surface area contributed by atoms with Crippen molar-refractivity contribution < 1.29 is 4.79 Å². The monoisotopic (exact) mass is 440 g/mol. The lowest BCUT2D eigenvalue weighted by Crippen LogP contribution is -2.51. The Morgan fingerprint density at radius 1 is 1.06 bits per heavy atom. The van der Waals surface area contributed by atoms with E-state index in [1.54, 1.807) is 6.33 Å². The van der Waals surface area contributed by atoms with Gasteiger partial charge in [0, 0.05) is 37.6 Å². The fourth-order valence-corrected chi connectivity index (χ4v) is 4.55. The highest BCUT2D eigenvalue weighted by atomic mass is 16.2. The summed E-state index contributed by atoms with van der Waals surface area (Å²) >= 11 is 0. The van der Waals surface area contributed by atoms with Gasteiger partial charge in [-0.05, 0) is 36.6 Å². The predicted octanol–water partition coefficient (Wildman–Crippen LogP) is 4.07. The molecule has 3 heterocycles. The quantitative estimate of drug-likeness (QED) is 0.453. The van der Waals surface area contributed by atoms with Gasteiger partial charge in [-0.3, -0.25) is 4.79 Å². The first-order chi connectivity index (χ1) is 16.3. The molecule has 1 aliphatic heterocycles. The van der Waals surface area contributed by atoms with Crippen molar-refractivity contribution in [1.29, 1.82) is 0 Å². The number of fused-ring (bicyclic) bond motifs is 1. The molecule has 1 atom stereocenters. The van der Waals surface area contributed by atoms with Gasteiger partial charge in [-0.2, -0.15) is 0 Å². The van der Waals surface area contributed by atoms with Gasteiger partial charge in [-0.25, -0.2) is 9.97 Å². The molecule has 1 saturated heterocycles. The number of aromatic amines is 1. The van der Waals surface area contributed by atoms with E-state index in [4.69, 9.17) is 0 Å². The van der Waals surface area contributed by atoms with E-state index in [1.807, 2.05) is 65.7 Å². The lowest BCUT2D eigenvalue weighted by Gasteiger charge is -2.40. The van der Waals surface area contributed by atoms with E-state index < -0.39 is 0 Å². The summed E-state index contributed by atoms with van der Waals surface area (Å²) < 4.78 is 0. The van der Waals surface area contributed by atoms with E-state index in [9.17, 15) is 4.79 Å². The summed E-state index contributed by atoms with van der Waals surface area (Å²) in [6, 6.07) is 22.2.